The van der Waals surface area contributed by atoms with Crippen molar-refractivity contribution in [1.82, 2.24) is 0 Å². The van der Waals surface area contributed by atoms with Crippen LogP contribution in [0.1, 0.15) is 6.92 Å². The van der Waals surface area contributed by atoms with E-state index < -0.39 is 0 Å². The molecular formula is C4H7ClOS2. The molecule has 0 aromatic rings. The average Bonchev–Trinajstić information content (AvgIpc) is 1.83. The molecule has 0 radical (unpaired) electrons. The summed E-state index contributed by atoms with van der Waals surface area (Å²) in [6, 6.07) is 0. The largest absolute Gasteiger partial charge is 0.297 e. The minimum Gasteiger partial charge on any atom is -0.297 e. The fourth-order valence-electron chi connectivity index (χ4n) is 0.116. The summed E-state index contributed by atoms with van der Waals surface area (Å²) in [5.41, 5.74) is 0. The Kier molecular flexibility index (Phi) is 6.32. The third kappa shape index (κ3) is 4.84. The second kappa shape index (κ2) is 5.82. The lowest BCUT2D eigenvalue weighted by Gasteiger charge is -2.00. The molecule has 4 heteroatoms. The molecule has 0 aromatic carbocycles. The highest BCUT2D eigenvalue weighted by molar-refractivity contribution is 8.83. The minimum atomic E-state index is 0.0752. The van der Waals surface area contributed by atoms with Gasteiger partial charge in [-0.3, -0.25) is 4.18 Å². The van der Waals surface area contributed by atoms with Crippen molar-refractivity contribution < 1.29 is 4.18 Å². The van der Waals surface area contributed by atoms with E-state index in [0.29, 0.717) is 0 Å². The maximum absolute atomic E-state index is 5.22. The molecule has 0 fully saturated rings. The first kappa shape index (κ1) is 8.69. The molecule has 0 aliphatic rings. The Morgan fingerprint density at radius 3 is 2.88 bits per heavy atom. The maximum atomic E-state index is 5.22. The summed E-state index contributed by atoms with van der Waals surface area (Å²) in [6.07, 6.45) is 1.78. The summed E-state index contributed by atoms with van der Waals surface area (Å²) in [5.74, 6) is 0. The summed E-state index contributed by atoms with van der Waals surface area (Å²) >= 11 is 1.15. The average molecular weight is 171 g/mol. The zero-order valence-electron chi connectivity index (χ0n) is 4.46. The fourth-order valence-corrected chi connectivity index (χ4v) is 1.08. The Morgan fingerprint density at radius 1 is 1.88 bits per heavy atom. The van der Waals surface area contributed by atoms with Gasteiger partial charge in [0.2, 0.25) is 0 Å². The molecule has 0 aliphatic carbocycles. The van der Waals surface area contributed by atoms with E-state index in [1.807, 2.05) is 6.92 Å². The SMILES string of the molecule is C=CC(C)OSSCl. The highest BCUT2D eigenvalue weighted by Gasteiger charge is 1.93. The van der Waals surface area contributed by atoms with Gasteiger partial charge in [0.05, 0.1) is 17.2 Å². The Balaban J connectivity index is 2.98. The van der Waals surface area contributed by atoms with Crippen LogP contribution in [0.25, 0.3) is 0 Å². The quantitative estimate of drug-likeness (QED) is 0.365. The predicted molar refractivity (Wildman–Crippen MR) is 41.8 cm³/mol. The van der Waals surface area contributed by atoms with Crippen molar-refractivity contribution in [2.45, 2.75) is 13.0 Å². The van der Waals surface area contributed by atoms with Gasteiger partial charge < -0.3 is 0 Å². The normalized spacial score (nSPS) is 13.2. The summed E-state index contributed by atoms with van der Waals surface area (Å²) < 4.78 is 4.97. The number of hydrogen-bond donors (Lipinski definition) is 0. The van der Waals surface area contributed by atoms with Crippen LogP contribution in [0, 0.1) is 0 Å². The molecule has 1 unspecified atom stereocenters. The second-order valence-corrected chi connectivity index (χ2v) is 3.54. The van der Waals surface area contributed by atoms with Gasteiger partial charge >= 0.3 is 0 Å². The summed E-state index contributed by atoms with van der Waals surface area (Å²) in [5, 5.41) is 0. The molecule has 0 N–H and O–H groups in total. The molecular weight excluding hydrogens is 164 g/mol. The lowest BCUT2D eigenvalue weighted by atomic mass is 10.4. The number of rotatable bonds is 4. The van der Waals surface area contributed by atoms with E-state index >= 15 is 0 Å². The van der Waals surface area contributed by atoms with Gasteiger partial charge in [0.25, 0.3) is 0 Å². The predicted octanol–water partition coefficient (Wildman–Crippen LogP) is 3.03. The minimum absolute atomic E-state index is 0.0752. The van der Waals surface area contributed by atoms with Crippen molar-refractivity contribution in [1.29, 1.82) is 0 Å². The number of halogens is 1. The second-order valence-electron chi connectivity index (χ2n) is 1.17. The van der Waals surface area contributed by atoms with Crippen molar-refractivity contribution in [2.24, 2.45) is 0 Å². The Labute approximate surface area is 61.9 Å². The maximum Gasteiger partial charge on any atom is 0.0883 e. The lowest BCUT2D eigenvalue weighted by molar-refractivity contribution is 0.327. The zero-order valence-corrected chi connectivity index (χ0v) is 6.85. The van der Waals surface area contributed by atoms with Crippen molar-refractivity contribution in [2.75, 3.05) is 0 Å². The topological polar surface area (TPSA) is 9.23 Å². The third-order valence-corrected chi connectivity index (χ3v) is 1.84. The van der Waals surface area contributed by atoms with E-state index in [1.54, 1.807) is 6.08 Å². The van der Waals surface area contributed by atoms with Gasteiger partial charge in [-0.05, 0) is 17.6 Å². The molecule has 0 bridgehead atoms. The molecule has 0 saturated heterocycles. The standard InChI is InChI=1S/C4H7ClOS2/c1-3-4(2)6-8-7-5/h3-4H,1H2,2H3. The van der Waals surface area contributed by atoms with E-state index in [2.05, 4.69) is 6.58 Å². The lowest BCUT2D eigenvalue weighted by Crippen LogP contribution is -1.94. The molecule has 8 heavy (non-hydrogen) atoms. The van der Waals surface area contributed by atoms with E-state index in [1.165, 1.54) is 0 Å². The van der Waals surface area contributed by atoms with Crippen LogP contribution in [-0.2, 0) is 4.18 Å². The highest BCUT2D eigenvalue weighted by atomic mass is 35.7. The van der Waals surface area contributed by atoms with Crippen LogP contribution in [-0.4, -0.2) is 6.10 Å². The van der Waals surface area contributed by atoms with Crippen LogP contribution < -0.4 is 0 Å². The first-order valence-corrected chi connectivity index (χ1v) is 4.94. The van der Waals surface area contributed by atoms with Gasteiger partial charge in [0.1, 0.15) is 0 Å². The van der Waals surface area contributed by atoms with Crippen molar-refractivity contribution in [3.8, 4) is 0 Å². The van der Waals surface area contributed by atoms with Gasteiger partial charge in [0.15, 0.2) is 0 Å². The smallest absolute Gasteiger partial charge is 0.0883 e. The fraction of sp³-hybridized carbons (Fsp3) is 0.500. The third-order valence-electron chi connectivity index (χ3n) is 0.549. The van der Waals surface area contributed by atoms with Crippen LogP contribution in [0.15, 0.2) is 12.7 Å². The van der Waals surface area contributed by atoms with E-state index in [-0.39, 0.29) is 6.10 Å². The van der Waals surface area contributed by atoms with Gasteiger partial charge in [-0.1, -0.05) is 6.08 Å². The monoisotopic (exact) mass is 170 g/mol. The van der Waals surface area contributed by atoms with Crippen LogP contribution in [0.3, 0.4) is 0 Å². The summed E-state index contributed by atoms with van der Waals surface area (Å²) in [4.78, 5) is 0. The molecule has 0 rings (SSSR count). The summed E-state index contributed by atoms with van der Waals surface area (Å²) in [7, 11) is 6.29. The zero-order chi connectivity index (χ0) is 6.41. The molecule has 0 heterocycles. The molecule has 0 aliphatic heterocycles. The van der Waals surface area contributed by atoms with Gasteiger partial charge in [0, 0.05) is 10.0 Å². The molecule has 48 valence electrons. The van der Waals surface area contributed by atoms with Crippen LogP contribution in [0.2, 0.25) is 0 Å². The Hall–Kier alpha value is 0.690. The Morgan fingerprint density at radius 2 is 2.50 bits per heavy atom. The van der Waals surface area contributed by atoms with Gasteiger partial charge in [-0.15, -0.1) is 6.58 Å². The Bertz CT molecular complexity index is 69.1. The first-order chi connectivity index (χ1) is 3.81. The molecule has 1 atom stereocenters. The van der Waals surface area contributed by atoms with Crippen molar-refractivity contribution >= 4 is 31.8 Å². The van der Waals surface area contributed by atoms with Crippen molar-refractivity contribution in [3.63, 3.8) is 0 Å². The van der Waals surface area contributed by atoms with Crippen LogP contribution in [0.5, 0.6) is 0 Å². The van der Waals surface area contributed by atoms with Gasteiger partial charge in [-0.2, -0.15) is 0 Å². The van der Waals surface area contributed by atoms with Crippen LogP contribution in [0.4, 0.5) is 0 Å². The molecule has 0 aromatic heterocycles. The van der Waals surface area contributed by atoms with Gasteiger partial charge in [-0.25, -0.2) is 0 Å². The van der Waals surface area contributed by atoms with E-state index in [9.17, 15) is 0 Å². The summed E-state index contributed by atoms with van der Waals surface area (Å²) in [6.45, 7) is 5.42. The van der Waals surface area contributed by atoms with Crippen LogP contribution >= 0.6 is 31.8 Å². The number of hydrogen-bond acceptors (Lipinski definition) is 3. The van der Waals surface area contributed by atoms with E-state index in [0.717, 1.165) is 21.1 Å². The molecule has 0 amide bonds. The molecule has 0 saturated carbocycles. The molecule has 0 spiro atoms. The molecule has 1 nitrogen and oxygen atoms in total. The highest BCUT2D eigenvalue weighted by Crippen LogP contribution is 2.27. The van der Waals surface area contributed by atoms with E-state index in [4.69, 9.17) is 14.9 Å². The first-order valence-electron chi connectivity index (χ1n) is 2.04. The van der Waals surface area contributed by atoms with Crippen molar-refractivity contribution in [3.05, 3.63) is 12.7 Å².